The standard InChI is InChI=1S/C12H16BrN3/c1-8(2)14-6-5-12-15-10-4-3-9(13)7-11(10)16-12/h3-4,7-8,14H,5-6H2,1-2H3,(H,15,16). The fraction of sp³-hybridized carbons (Fsp3) is 0.417. The first-order chi connectivity index (χ1) is 7.65. The van der Waals surface area contributed by atoms with Crippen LogP contribution in [0.2, 0.25) is 0 Å². The van der Waals surface area contributed by atoms with Gasteiger partial charge >= 0.3 is 0 Å². The van der Waals surface area contributed by atoms with Crippen molar-refractivity contribution >= 4 is 27.0 Å². The average Bonchev–Trinajstić information content (AvgIpc) is 2.58. The van der Waals surface area contributed by atoms with Crippen molar-refractivity contribution in [1.82, 2.24) is 15.3 Å². The van der Waals surface area contributed by atoms with Crippen LogP contribution in [0.1, 0.15) is 19.7 Å². The maximum absolute atomic E-state index is 4.53. The minimum atomic E-state index is 0.526. The monoisotopic (exact) mass is 281 g/mol. The Morgan fingerprint density at radius 3 is 3.00 bits per heavy atom. The van der Waals surface area contributed by atoms with Gasteiger partial charge in [0.1, 0.15) is 5.82 Å². The van der Waals surface area contributed by atoms with Gasteiger partial charge in [-0.25, -0.2) is 4.98 Å². The Balaban J connectivity index is 2.08. The van der Waals surface area contributed by atoms with Crippen LogP contribution in [0.25, 0.3) is 11.0 Å². The molecule has 0 spiro atoms. The van der Waals surface area contributed by atoms with Crippen LogP contribution in [0.4, 0.5) is 0 Å². The summed E-state index contributed by atoms with van der Waals surface area (Å²) >= 11 is 3.45. The molecule has 2 rings (SSSR count). The van der Waals surface area contributed by atoms with Crippen LogP contribution in [0, 0.1) is 0 Å². The molecule has 0 atom stereocenters. The first kappa shape index (κ1) is 11.6. The molecule has 1 aromatic carbocycles. The summed E-state index contributed by atoms with van der Waals surface area (Å²) in [4.78, 5) is 7.86. The Bertz CT molecular complexity index is 476. The van der Waals surface area contributed by atoms with Gasteiger partial charge in [0.05, 0.1) is 11.0 Å². The first-order valence-corrected chi connectivity index (χ1v) is 6.32. The number of H-pyrrole nitrogens is 1. The highest BCUT2D eigenvalue weighted by molar-refractivity contribution is 9.10. The molecule has 0 unspecified atom stereocenters. The lowest BCUT2D eigenvalue weighted by molar-refractivity contribution is 0.585. The van der Waals surface area contributed by atoms with Gasteiger partial charge in [-0.2, -0.15) is 0 Å². The van der Waals surface area contributed by atoms with Gasteiger partial charge in [-0.15, -0.1) is 0 Å². The van der Waals surface area contributed by atoms with E-state index in [4.69, 9.17) is 0 Å². The molecule has 0 saturated heterocycles. The number of halogens is 1. The lowest BCUT2D eigenvalue weighted by Gasteiger charge is -2.05. The van der Waals surface area contributed by atoms with E-state index in [0.717, 1.165) is 34.3 Å². The zero-order chi connectivity index (χ0) is 11.5. The Morgan fingerprint density at radius 1 is 1.44 bits per heavy atom. The second-order valence-corrected chi connectivity index (χ2v) is 5.12. The summed E-state index contributed by atoms with van der Waals surface area (Å²) < 4.78 is 1.08. The number of imidazole rings is 1. The van der Waals surface area contributed by atoms with Crippen LogP contribution < -0.4 is 5.32 Å². The molecule has 3 nitrogen and oxygen atoms in total. The van der Waals surface area contributed by atoms with Crippen LogP contribution in [-0.4, -0.2) is 22.6 Å². The van der Waals surface area contributed by atoms with E-state index >= 15 is 0 Å². The number of nitrogens with one attached hydrogen (secondary N) is 2. The molecule has 2 N–H and O–H groups in total. The first-order valence-electron chi connectivity index (χ1n) is 5.52. The number of fused-ring (bicyclic) bond motifs is 1. The number of nitrogens with zero attached hydrogens (tertiary/aromatic N) is 1. The quantitative estimate of drug-likeness (QED) is 0.905. The minimum absolute atomic E-state index is 0.526. The van der Waals surface area contributed by atoms with Gasteiger partial charge in [-0.05, 0) is 18.2 Å². The number of aromatic nitrogens is 2. The molecule has 86 valence electrons. The molecule has 4 heteroatoms. The van der Waals surface area contributed by atoms with Gasteiger partial charge in [0.25, 0.3) is 0 Å². The maximum atomic E-state index is 4.53. The highest BCUT2D eigenvalue weighted by atomic mass is 79.9. The van der Waals surface area contributed by atoms with E-state index < -0.39 is 0 Å². The van der Waals surface area contributed by atoms with Crippen molar-refractivity contribution in [2.24, 2.45) is 0 Å². The van der Waals surface area contributed by atoms with Crippen molar-refractivity contribution in [3.63, 3.8) is 0 Å². The summed E-state index contributed by atoms with van der Waals surface area (Å²) in [6.07, 6.45) is 0.935. The molecule has 0 saturated carbocycles. The molecule has 0 fully saturated rings. The number of rotatable bonds is 4. The molecule has 1 heterocycles. The summed E-state index contributed by atoms with van der Waals surface area (Å²) in [6.45, 7) is 5.25. The predicted octanol–water partition coefficient (Wildman–Crippen LogP) is 2.87. The van der Waals surface area contributed by atoms with Crippen LogP contribution in [0.3, 0.4) is 0 Å². The Morgan fingerprint density at radius 2 is 2.25 bits per heavy atom. The fourth-order valence-electron chi connectivity index (χ4n) is 1.63. The molecule has 1 aromatic heterocycles. The second-order valence-electron chi connectivity index (χ2n) is 4.20. The third-order valence-electron chi connectivity index (χ3n) is 2.41. The SMILES string of the molecule is CC(C)NCCc1nc2ccc(Br)cc2[nH]1. The summed E-state index contributed by atoms with van der Waals surface area (Å²) in [5, 5.41) is 3.38. The molecule has 16 heavy (non-hydrogen) atoms. The van der Waals surface area contributed by atoms with E-state index in [0.29, 0.717) is 6.04 Å². The van der Waals surface area contributed by atoms with Gasteiger partial charge < -0.3 is 10.3 Å². The fourth-order valence-corrected chi connectivity index (χ4v) is 1.99. The van der Waals surface area contributed by atoms with Gasteiger partial charge in [0, 0.05) is 23.5 Å². The molecule has 0 bridgehead atoms. The molecule has 2 aromatic rings. The average molecular weight is 282 g/mol. The number of hydrogen-bond acceptors (Lipinski definition) is 2. The lowest BCUT2D eigenvalue weighted by Crippen LogP contribution is -2.25. The molecule has 0 radical (unpaired) electrons. The van der Waals surface area contributed by atoms with Crippen molar-refractivity contribution in [3.8, 4) is 0 Å². The highest BCUT2D eigenvalue weighted by Crippen LogP contribution is 2.17. The van der Waals surface area contributed by atoms with E-state index in [1.807, 2.05) is 12.1 Å². The Hall–Kier alpha value is -0.870. The van der Waals surface area contributed by atoms with Gasteiger partial charge in [-0.3, -0.25) is 0 Å². The number of benzene rings is 1. The topological polar surface area (TPSA) is 40.7 Å². The Labute approximate surface area is 104 Å². The van der Waals surface area contributed by atoms with E-state index in [1.54, 1.807) is 0 Å². The molecular formula is C12H16BrN3. The van der Waals surface area contributed by atoms with E-state index in [2.05, 4.69) is 51.1 Å². The van der Waals surface area contributed by atoms with Crippen molar-refractivity contribution < 1.29 is 0 Å². The number of hydrogen-bond donors (Lipinski definition) is 2. The van der Waals surface area contributed by atoms with E-state index in [1.165, 1.54) is 0 Å². The second kappa shape index (κ2) is 4.97. The highest BCUT2D eigenvalue weighted by Gasteiger charge is 2.03. The Kier molecular flexibility index (Phi) is 3.61. The third kappa shape index (κ3) is 2.83. The summed E-state index contributed by atoms with van der Waals surface area (Å²) in [6, 6.07) is 6.62. The van der Waals surface area contributed by atoms with Crippen LogP contribution in [-0.2, 0) is 6.42 Å². The maximum Gasteiger partial charge on any atom is 0.108 e. The van der Waals surface area contributed by atoms with Gasteiger partial charge in [-0.1, -0.05) is 29.8 Å². The zero-order valence-corrected chi connectivity index (χ0v) is 11.1. The molecule has 0 amide bonds. The van der Waals surface area contributed by atoms with Crippen LogP contribution in [0.5, 0.6) is 0 Å². The number of aromatic amines is 1. The molecule has 0 aliphatic rings. The third-order valence-corrected chi connectivity index (χ3v) is 2.90. The lowest BCUT2D eigenvalue weighted by atomic mass is 10.3. The minimum Gasteiger partial charge on any atom is -0.342 e. The zero-order valence-electron chi connectivity index (χ0n) is 9.55. The van der Waals surface area contributed by atoms with Crippen molar-refractivity contribution in [1.29, 1.82) is 0 Å². The van der Waals surface area contributed by atoms with Crippen molar-refractivity contribution in [2.75, 3.05) is 6.54 Å². The summed E-state index contributed by atoms with van der Waals surface area (Å²) in [7, 11) is 0. The van der Waals surface area contributed by atoms with Gasteiger partial charge in [0.15, 0.2) is 0 Å². The van der Waals surface area contributed by atoms with E-state index in [9.17, 15) is 0 Å². The predicted molar refractivity (Wildman–Crippen MR) is 70.6 cm³/mol. The molecule has 0 aliphatic heterocycles. The van der Waals surface area contributed by atoms with Gasteiger partial charge in [0.2, 0.25) is 0 Å². The van der Waals surface area contributed by atoms with E-state index in [-0.39, 0.29) is 0 Å². The molecular weight excluding hydrogens is 266 g/mol. The normalized spacial score (nSPS) is 11.5. The smallest absolute Gasteiger partial charge is 0.108 e. The summed E-state index contributed by atoms with van der Waals surface area (Å²) in [5.41, 5.74) is 2.12. The van der Waals surface area contributed by atoms with Crippen LogP contribution >= 0.6 is 15.9 Å². The van der Waals surface area contributed by atoms with Crippen molar-refractivity contribution in [2.45, 2.75) is 26.3 Å². The largest absolute Gasteiger partial charge is 0.342 e. The molecule has 0 aliphatic carbocycles. The van der Waals surface area contributed by atoms with Crippen LogP contribution in [0.15, 0.2) is 22.7 Å². The summed E-state index contributed by atoms with van der Waals surface area (Å²) in [5.74, 6) is 1.04. The van der Waals surface area contributed by atoms with Crippen molar-refractivity contribution in [3.05, 3.63) is 28.5 Å².